The van der Waals surface area contributed by atoms with E-state index in [0.717, 1.165) is 24.8 Å². The molecule has 0 fully saturated rings. The van der Waals surface area contributed by atoms with Gasteiger partial charge in [0.15, 0.2) is 18.1 Å². The molecule has 0 saturated carbocycles. The lowest BCUT2D eigenvalue weighted by Gasteiger charge is -2.13. The minimum Gasteiger partial charge on any atom is -0.484 e. The first-order chi connectivity index (χ1) is 16.2. The number of rotatable bonds is 7. The summed E-state index contributed by atoms with van der Waals surface area (Å²) in [6.45, 7) is 0.388. The van der Waals surface area contributed by atoms with Crippen LogP contribution in [-0.2, 0) is 24.2 Å². The first-order valence-corrected chi connectivity index (χ1v) is 11.0. The maximum Gasteiger partial charge on any atom is 0.262 e. The van der Waals surface area contributed by atoms with Gasteiger partial charge in [0, 0.05) is 6.54 Å². The number of benzene rings is 3. The molecule has 2 aliphatic rings. The first-order valence-electron chi connectivity index (χ1n) is 11.0. The van der Waals surface area contributed by atoms with Crippen LogP contribution in [0, 0.1) is 0 Å². The van der Waals surface area contributed by atoms with E-state index in [-0.39, 0.29) is 25.2 Å². The molecule has 0 bridgehead atoms. The number of amides is 2. The molecular formula is C26H24N2O5. The number of hydrogen-bond acceptors (Lipinski definition) is 5. The van der Waals surface area contributed by atoms with Gasteiger partial charge in [-0.2, -0.15) is 0 Å². The number of ether oxygens (including phenoxy) is 3. The van der Waals surface area contributed by atoms with Crippen molar-refractivity contribution in [2.75, 3.05) is 18.7 Å². The van der Waals surface area contributed by atoms with E-state index in [2.05, 4.69) is 16.7 Å². The van der Waals surface area contributed by atoms with Crippen LogP contribution in [0.1, 0.15) is 33.5 Å². The van der Waals surface area contributed by atoms with Gasteiger partial charge < -0.3 is 24.8 Å². The van der Waals surface area contributed by atoms with Gasteiger partial charge in [-0.25, -0.2) is 0 Å². The molecule has 2 amide bonds. The van der Waals surface area contributed by atoms with Gasteiger partial charge in [-0.3, -0.25) is 9.59 Å². The summed E-state index contributed by atoms with van der Waals surface area (Å²) < 4.78 is 16.4. The molecular weight excluding hydrogens is 420 g/mol. The number of fused-ring (bicyclic) bond motifs is 2. The quantitative estimate of drug-likeness (QED) is 0.578. The summed E-state index contributed by atoms with van der Waals surface area (Å²) in [5.41, 5.74) is 4.34. The third-order valence-electron chi connectivity index (χ3n) is 5.78. The molecule has 168 valence electrons. The SMILES string of the molecule is O=C(COc1ccc2c(c1)CCC2)Nc1ccccc1C(=O)NCc1ccc2c(c1)OCO2. The molecule has 0 radical (unpaired) electrons. The molecule has 0 unspecified atom stereocenters. The lowest BCUT2D eigenvalue weighted by atomic mass is 10.1. The van der Waals surface area contributed by atoms with Crippen molar-refractivity contribution in [1.82, 2.24) is 5.32 Å². The second-order valence-electron chi connectivity index (χ2n) is 8.04. The van der Waals surface area contributed by atoms with E-state index in [0.29, 0.717) is 35.0 Å². The monoisotopic (exact) mass is 444 g/mol. The fourth-order valence-corrected chi connectivity index (χ4v) is 4.09. The molecule has 3 aromatic rings. The van der Waals surface area contributed by atoms with Crippen LogP contribution in [0.5, 0.6) is 17.2 Å². The summed E-state index contributed by atoms with van der Waals surface area (Å²) in [6.07, 6.45) is 3.31. The molecule has 1 aliphatic heterocycles. The van der Waals surface area contributed by atoms with E-state index in [1.165, 1.54) is 11.1 Å². The molecule has 0 aromatic heterocycles. The van der Waals surface area contributed by atoms with Crippen LogP contribution in [0.25, 0.3) is 0 Å². The second kappa shape index (κ2) is 9.24. The van der Waals surface area contributed by atoms with Crippen molar-refractivity contribution in [1.29, 1.82) is 0 Å². The lowest BCUT2D eigenvalue weighted by molar-refractivity contribution is -0.118. The van der Waals surface area contributed by atoms with E-state index in [1.807, 2.05) is 30.3 Å². The van der Waals surface area contributed by atoms with Crippen LogP contribution in [0.3, 0.4) is 0 Å². The Kier molecular flexibility index (Phi) is 5.85. The molecule has 7 heteroatoms. The molecule has 3 aromatic carbocycles. The highest BCUT2D eigenvalue weighted by Gasteiger charge is 2.16. The lowest BCUT2D eigenvalue weighted by Crippen LogP contribution is -2.26. The van der Waals surface area contributed by atoms with Crippen molar-refractivity contribution in [3.8, 4) is 17.2 Å². The molecule has 1 heterocycles. The third kappa shape index (κ3) is 4.77. The Labute approximate surface area is 191 Å². The first kappa shape index (κ1) is 20.9. The van der Waals surface area contributed by atoms with Gasteiger partial charge in [0.1, 0.15) is 5.75 Å². The van der Waals surface area contributed by atoms with Gasteiger partial charge in [0.25, 0.3) is 11.8 Å². The molecule has 0 spiro atoms. The Hall–Kier alpha value is -4.00. The minimum absolute atomic E-state index is 0.133. The maximum atomic E-state index is 12.8. The van der Waals surface area contributed by atoms with Gasteiger partial charge in [-0.05, 0) is 72.4 Å². The second-order valence-corrected chi connectivity index (χ2v) is 8.04. The van der Waals surface area contributed by atoms with Crippen LogP contribution >= 0.6 is 0 Å². The highest BCUT2D eigenvalue weighted by molar-refractivity contribution is 6.04. The van der Waals surface area contributed by atoms with Crippen LogP contribution in [0.2, 0.25) is 0 Å². The van der Waals surface area contributed by atoms with Crippen molar-refractivity contribution >= 4 is 17.5 Å². The molecule has 1 aliphatic carbocycles. The van der Waals surface area contributed by atoms with Crippen molar-refractivity contribution in [2.45, 2.75) is 25.8 Å². The smallest absolute Gasteiger partial charge is 0.262 e. The van der Waals surface area contributed by atoms with Crippen LogP contribution < -0.4 is 24.8 Å². The number of carbonyl (C=O) groups is 2. The third-order valence-corrected chi connectivity index (χ3v) is 5.78. The molecule has 0 saturated heterocycles. The van der Waals surface area contributed by atoms with Gasteiger partial charge >= 0.3 is 0 Å². The van der Waals surface area contributed by atoms with Gasteiger partial charge in [0.2, 0.25) is 6.79 Å². The number of nitrogens with one attached hydrogen (secondary N) is 2. The standard InChI is InChI=1S/C26H24N2O5/c29-25(15-31-20-10-9-18-4-3-5-19(18)13-20)28-22-7-2-1-6-21(22)26(30)27-14-17-8-11-23-24(12-17)33-16-32-23/h1-2,6-13H,3-5,14-16H2,(H,27,30)(H,28,29). The average molecular weight is 444 g/mol. The fourth-order valence-electron chi connectivity index (χ4n) is 4.09. The van der Waals surface area contributed by atoms with E-state index in [9.17, 15) is 9.59 Å². The summed E-state index contributed by atoms with van der Waals surface area (Å²) in [5, 5.41) is 5.67. The Bertz CT molecular complexity index is 1210. The zero-order valence-corrected chi connectivity index (χ0v) is 18.1. The summed E-state index contributed by atoms with van der Waals surface area (Å²) >= 11 is 0. The van der Waals surface area contributed by atoms with E-state index in [4.69, 9.17) is 14.2 Å². The molecule has 5 rings (SSSR count). The Morgan fingerprint density at radius 3 is 2.70 bits per heavy atom. The summed E-state index contributed by atoms with van der Waals surface area (Å²) in [6, 6.07) is 18.4. The summed E-state index contributed by atoms with van der Waals surface area (Å²) in [5.74, 6) is 1.42. The van der Waals surface area contributed by atoms with Gasteiger partial charge in [0.05, 0.1) is 11.3 Å². The van der Waals surface area contributed by atoms with Crippen LogP contribution in [0.4, 0.5) is 5.69 Å². The van der Waals surface area contributed by atoms with E-state index in [1.54, 1.807) is 24.3 Å². The summed E-state index contributed by atoms with van der Waals surface area (Å²) in [7, 11) is 0. The number of carbonyl (C=O) groups excluding carboxylic acids is 2. The predicted molar refractivity (Wildman–Crippen MR) is 123 cm³/mol. The number of anilines is 1. The number of hydrogen-bond donors (Lipinski definition) is 2. The number of aryl methyl sites for hydroxylation is 2. The predicted octanol–water partition coefficient (Wildman–Crippen LogP) is 3.85. The normalized spacial score (nSPS) is 13.3. The molecule has 33 heavy (non-hydrogen) atoms. The maximum absolute atomic E-state index is 12.8. The molecule has 7 nitrogen and oxygen atoms in total. The topological polar surface area (TPSA) is 85.9 Å². The van der Waals surface area contributed by atoms with Gasteiger partial charge in [-0.1, -0.05) is 24.3 Å². The fraction of sp³-hybridized carbons (Fsp3) is 0.231. The van der Waals surface area contributed by atoms with Crippen LogP contribution in [-0.4, -0.2) is 25.2 Å². The molecule has 2 N–H and O–H groups in total. The zero-order valence-electron chi connectivity index (χ0n) is 18.1. The van der Waals surface area contributed by atoms with Gasteiger partial charge in [-0.15, -0.1) is 0 Å². The van der Waals surface area contributed by atoms with Crippen molar-refractivity contribution in [2.24, 2.45) is 0 Å². The highest BCUT2D eigenvalue weighted by Crippen LogP contribution is 2.32. The number of para-hydroxylation sites is 1. The highest BCUT2D eigenvalue weighted by atomic mass is 16.7. The largest absolute Gasteiger partial charge is 0.484 e. The van der Waals surface area contributed by atoms with Crippen molar-refractivity contribution in [3.05, 3.63) is 82.9 Å². The minimum atomic E-state index is -0.327. The van der Waals surface area contributed by atoms with E-state index < -0.39 is 0 Å². The average Bonchev–Trinajstić information content (AvgIpc) is 3.50. The Balaban J connectivity index is 1.18. The van der Waals surface area contributed by atoms with Crippen molar-refractivity contribution in [3.63, 3.8) is 0 Å². The Morgan fingerprint density at radius 1 is 0.909 bits per heavy atom. The zero-order chi connectivity index (χ0) is 22.6. The van der Waals surface area contributed by atoms with Crippen LogP contribution in [0.15, 0.2) is 60.7 Å². The van der Waals surface area contributed by atoms with E-state index >= 15 is 0 Å². The van der Waals surface area contributed by atoms with Crippen molar-refractivity contribution < 1.29 is 23.8 Å². The molecule has 0 atom stereocenters. The Morgan fingerprint density at radius 2 is 1.76 bits per heavy atom. The summed E-state index contributed by atoms with van der Waals surface area (Å²) in [4.78, 5) is 25.3.